The number of carbonyl (C=O) groups is 2. The molecule has 1 aliphatic rings. The molecule has 1 aliphatic carbocycles. The van der Waals surface area contributed by atoms with Gasteiger partial charge < -0.3 is 5.32 Å². The molecule has 0 radical (unpaired) electrons. The highest BCUT2D eigenvalue weighted by Crippen LogP contribution is 2.34. The van der Waals surface area contributed by atoms with E-state index in [2.05, 4.69) is 26.1 Å². The molecule has 1 fully saturated rings. The molecule has 3 N–H and O–H groups in total. The molecular formula is C18H26N2O3. The standard InChI is InChI=1S/C18H26N2O3/c1-18(2,3)15(19-16(21)13-6-4-5-7-13)12-8-10-14(11-9-12)17(22)20-23/h8-11,13,15,23H,4-7H2,1-3H3,(H,19,21)(H,20,22). The van der Waals surface area contributed by atoms with Crippen LogP contribution in [0.4, 0.5) is 0 Å². The van der Waals surface area contributed by atoms with Gasteiger partial charge in [-0.1, -0.05) is 45.7 Å². The van der Waals surface area contributed by atoms with Gasteiger partial charge in [0.25, 0.3) is 5.91 Å². The van der Waals surface area contributed by atoms with Gasteiger partial charge in [0, 0.05) is 11.5 Å². The van der Waals surface area contributed by atoms with Gasteiger partial charge in [0.1, 0.15) is 0 Å². The minimum absolute atomic E-state index is 0.123. The largest absolute Gasteiger partial charge is 0.349 e. The summed E-state index contributed by atoms with van der Waals surface area (Å²) < 4.78 is 0. The Morgan fingerprint density at radius 2 is 1.70 bits per heavy atom. The van der Waals surface area contributed by atoms with Crippen LogP contribution in [0, 0.1) is 11.3 Å². The van der Waals surface area contributed by atoms with Crippen LogP contribution in [-0.2, 0) is 4.79 Å². The molecule has 1 aromatic carbocycles. The Bertz CT molecular complexity index is 555. The van der Waals surface area contributed by atoms with Gasteiger partial charge in [0.05, 0.1) is 6.04 Å². The van der Waals surface area contributed by atoms with Gasteiger partial charge >= 0.3 is 0 Å². The summed E-state index contributed by atoms with van der Waals surface area (Å²) >= 11 is 0. The van der Waals surface area contributed by atoms with Crippen LogP contribution >= 0.6 is 0 Å². The Hall–Kier alpha value is -1.88. The SMILES string of the molecule is CC(C)(C)C(NC(=O)C1CCCC1)c1ccc(C(=O)NO)cc1. The van der Waals surface area contributed by atoms with E-state index < -0.39 is 5.91 Å². The molecule has 0 bridgehead atoms. The van der Waals surface area contributed by atoms with E-state index in [0.29, 0.717) is 5.56 Å². The quantitative estimate of drug-likeness (QED) is 0.589. The zero-order chi connectivity index (χ0) is 17.0. The monoisotopic (exact) mass is 318 g/mol. The fourth-order valence-corrected chi connectivity index (χ4v) is 3.14. The van der Waals surface area contributed by atoms with Crippen molar-refractivity contribution in [3.05, 3.63) is 35.4 Å². The second kappa shape index (κ2) is 7.13. The predicted molar refractivity (Wildman–Crippen MR) is 88.0 cm³/mol. The van der Waals surface area contributed by atoms with Crippen LogP contribution in [0.3, 0.4) is 0 Å². The number of carbonyl (C=O) groups excluding carboxylic acids is 2. The van der Waals surface area contributed by atoms with E-state index in [0.717, 1.165) is 31.2 Å². The summed E-state index contributed by atoms with van der Waals surface area (Å²) in [5.41, 5.74) is 2.81. The van der Waals surface area contributed by atoms with Crippen molar-refractivity contribution in [1.29, 1.82) is 0 Å². The Kier molecular flexibility index (Phi) is 5.42. The maximum atomic E-state index is 12.5. The van der Waals surface area contributed by atoms with Crippen molar-refractivity contribution in [2.75, 3.05) is 0 Å². The summed E-state index contributed by atoms with van der Waals surface area (Å²) in [5, 5.41) is 11.9. The van der Waals surface area contributed by atoms with Crippen LogP contribution in [-0.4, -0.2) is 17.0 Å². The number of benzene rings is 1. The Morgan fingerprint density at radius 1 is 1.13 bits per heavy atom. The number of nitrogens with one attached hydrogen (secondary N) is 2. The lowest BCUT2D eigenvalue weighted by Crippen LogP contribution is -2.39. The molecule has 23 heavy (non-hydrogen) atoms. The number of hydrogen-bond donors (Lipinski definition) is 3. The second-order valence-electron chi connectivity index (χ2n) is 7.35. The number of amides is 2. The first-order valence-corrected chi connectivity index (χ1v) is 8.17. The molecule has 0 aliphatic heterocycles. The molecule has 1 unspecified atom stereocenters. The van der Waals surface area contributed by atoms with Gasteiger partial charge in [-0.15, -0.1) is 0 Å². The average Bonchev–Trinajstić information content (AvgIpc) is 3.05. The third kappa shape index (κ3) is 4.32. The van der Waals surface area contributed by atoms with Crippen LogP contribution in [0.15, 0.2) is 24.3 Å². The normalized spacial score (nSPS) is 16.9. The van der Waals surface area contributed by atoms with E-state index in [1.165, 1.54) is 0 Å². The molecule has 2 rings (SSSR count). The number of hydroxylamine groups is 1. The van der Waals surface area contributed by atoms with Crippen LogP contribution in [0.25, 0.3) is 0 Å². The highest BCUT2D eigenvalue weighted by molar-refractivity contribution is 5.93. The summed E-state index contributed by atoms with van der Waals surface area (Å²) in [5.74, 6) is -0.294. The summed E-state index contributed by atoms with van der Waals surface area (Å²) in [6.45, 7) is 6.25. The third-order valence-electron chi connectivity index (χ3n) is 4.49. The minimum Gasteiger partial charge on any atom is -0.349 e. The second-order valence-corrected chi connectivity index (χ2v) is 7.35. The molecule has 1 saturated carbocycles. The lowest BCUT2D eigenvalue weighted by Gasteiger charge is -2.33. The molecule has 0 spiro atoms. The van der Waals surface area contributed by atoms with Crippen LogP contribution in [0.2, 0.25) is 0 Å². The van der Waals surface area contributed by atoms with Crippen molar-refractivity contribution in [1.82, 2.24) is 10.8 Å². The Labute approximate surface area is 137 Å². The highest BCUT2D eigenvalue weighted by atomic mass is 16.5. The van der Waals surface area contributed by atoms with Crippen LogP contribution in [0.5, 0.6) is 0 Å². The number of rotatable bonds is 4. The van der Waals surface area contributed by atoms with Crippen molar-refractivity contribution in [2.24, 2.45) is 11.3 Å². The molecule has 1 atom stereocenters. The Balaban J connectivity index is 2.18. The molecule has 126 valence electrons. The molecule has 0 heterocycles. The van der Waals surface area contributed by atoms with Crippen molar-refractivity contribution in [2.45, 2.75) is 52.5 Å². The topological polar surface area (TPSA) is 78.4 Å². The number of hydrogen-bond acceptors (Lipinski definition) is 3. The third-order valence-corrected chi connectivity index (χ3v) is 4.49. The summed E-state index contributed by atoms with van der Waals surface area (Å²) in [7, 11) is 0. The summed E-state index contributed by atoms with van der Waals surface area (Å²) in [4.78, 5) is 23.9. The smallest absolute Gasteiger partial charge is 0.274 e. The van der Waals surface area contributed by atoms with Crippen molar-refractivity contribution in [3.63, 3.8) is 0 Å². The van der Waals surface area contributed by atoms with Gasteiger partial charge in [-0.25, -0.2) is 5.48 Å². The van der Waals surface area contributed by atoms with Crippen molar-refractivity contribution >= 4 is 11.8 Å². The molecule has 2 amide bonds. The zero-order valence-corrected chi connectivity index (χ0v) is 14.1. The van der Waals surface area contributed by atoms with E-state index in [1.807, 2.05) is 12.1 Å². The Morgan fingerprint density at radius 3 is 2.17 bits per heavy atom. The first-order valence-electron chi connectivity index (χ1n) is 8.17. The van der Waals surface area contributed by atoms with Crippen LogP contribution < -0.4 is 10.8 Å². The molecule has 5 heteroatoms. The molecule has 0 saturated heterocycles. The molecule has 5 nitrogen and oxygen atoms in total. The van der Waals surface area contributed by atoms with Crippen molar-refractivity contribution < 1.29 is 14.8 Å². The first-order chi connectivity index (χ1) is 10.8. The maximum absolute atomic E-state index is 12.5. The first kappa shape index (κ1) is 17.5. The van der Waals surface area contributed by atoms with Gasteiger partial charge in [-0.2, -0.15) is 0 Å². The van der Waals surface area contributed by atoms with E-state index in [-0.39, 0.29) is 23.3 Å². The lowest BCUT2D eigenvalue weighted by atomic mass is 9.81. The van der Waals surface area contributed by atoms with Gasteiger partial charge in [0.15, 0.2) is 0 Å². The summed E-state index contributed by atoms with van der Waals surface area (Å²) in [6, 6.07) is 6.84. The molecule has 0 aromatic heterocycles. The fraction of sp³-hybridized carbons (Fsp3) is 0.556. The maximum Gasteiger partial charge on any atom is 0.274 e. The lowest BCUT2D eigenvalue weighted by molar-refractivity contribution is -0.126. The highest BCUT2D eigenvalue weighted by Gasteiger charge is 2.31. The van der Waals surface area contributed by atoms with Crippen molar-refractivity contribution in [3.8, 4) is 0 Å². The van der Waals surface area contributed by atoms with E-state index in [9.17, 15) is 9.59 Å². The van der Waals surface area contributed by atoms with Gasteiger partial charge in [0.2, 0.25) is 5.91 Å². The summed E-state index contributed by atoms with van der Waals surface area (Å²) in [6.07, 6.45) is 4.20. The van der Waals surface area contributed by atoms with E-state index in [1.54, 1.807) is 17.6 Å². The van der Waals surface area contributed by atoms with Gasteiger partial charge in [-0.3, -0.25) is 14.8 Å². The fourth-order valence-electron chi connectivity index (χ4n) is 3.14. The minimum atomic E-state index is -0.543. The average molecular weight is 318 g/mol. The van der Waals surface area contributed by atoms with Gasteiger partial charge in [-0.05, 0) is 36.0 Å². The zero-order valence-electron chi connectivity index (χ0n) is 14.1. The van der Waals surface area contributed by atoms with E-state index in [4.69, 9.17) is 5.21 Å². The van der Waals surface area contributed by atoms with Crippen LogP contribution in [0.1, 0.15) is 68.4 Å². The molecule has 1 aromatic rings. The molecular weight excluding hydrogens is 292 g/mol. The predicted octanol–water partition coefficient (Wildman–Crippen LogP) is 3.20. The van der Waals surface area contributed by atoms with E-state index >= 15 is 0 Å².